The van der Waals surface area contributed by atoms with Gasteiger partial charge in [-0.25, -0.2) is 0 Å². The van der Waals surface area contributed by atoms with Gasteiger partial charge in [0.2, 0.25) is 17.7 Å². The maximum absolute atomic E-state index is 13.9. The second kappa shape index (κ2) is 10.1. The third kappa shape index (κ3) is 4.01. The molecular formula is C24H32BrN3O5S. The average molecular weight is 555 g/mol. The zero-order chi connectivity index (χ0) is 24.6. The molecule has 8 nitrogen and oxygen atoms in total. The summed E-state index contributed by atoms with van der Waals surface area (Å²) in [7, 11) is 1.58. The van der Waals surface area contributed by atoms with Crippen molar-refractivity contribution in [2.24, 2.45) is 11.8 Å². The number of carbonyl (C=O) groups is 3. The largest absolute Gasteiger partial charge is 0.497 e. The molecule has 3 aliphatic heterocycles. The van der Waals surface area contributed by atoms with Gasteiger partial charge in [0.15, 0.2) is 0 Å². The van der Waals surface area contributed by atoms with E-state index in [1.54, 1.807) is 48.0 Å². The normalized spacial score (nSPS) is 32.4. The van der Waals surface area contributed by atoms with Crippen LogP contribution in [-0.2, 0) is 14.4 Å². The molecule has 1 aromatic rings. The summed E-state index contributed by atoms with van der Waals surface area (Å²) >= 11 is 5.34. The summed E-state index contributed by atoms with van der Waals surface area (Å²) in [6, 6.07) is 5.74. The molecule has 1 aromatic carbocycles. The van der Waals surface area contributed by atoms with Crippen LogP contribution >= 0.6 is 27.7 Å². The zero-order valence-corrected chi connectivity index (χ0v) is 22.0. The topological polar surface area (TPSA) is 108 Å². The lowest BCUT2D eigenvalue weighted by molar-refractivity contribution is -0.142. The van der Waals surface area contributed by atoms with Crippen LogP contribution in [0.1, 0.15) is 33.1 Å². The van der Waals surface area contributed by atoms with Gasteiger partial charge in [-0.1, -0.05) is 29.8 Å². The first-order valence-electron chi connectivity index (χ1n) is 11.8. The lowest BCUT2D eigenvalue weighted by atomic mass is 9.70. The number of halogens is 1. The molecule has 4 rings (SSSR count). The van der Waals surface area contributed by atoms with E-state index in [0.29, 0.717) is 30.8 Å². The number of thioether (sulfide) groups is 1. The fraction of sp³-hybridized carbons (Fsp3) is 0.625. The summed E-state index contributed by atoms with van der Waals surface area (Å²) in [5.74, 6) is -1.07. The summed E-state index contributed by atoms with van der Waals surface area (Å²) in [6.45, 7) is 4.18. The fourth-order valence-corrected chi connectivity index (χ4v) is 9.32. The Morgan fingerprint density at radius 1 is 1.29 bits per heavy atom. The summed E-state index contributed by atoms with van der Waals surface area (Å²) in [4.78, 5) is 42.5. The van der Waals surface area contributed by atoms with E-state index in [2.05, 4.69) is 26.6 Å². The number of fused-ring (bicyclic) bond motifs is 1. The van der Waals surface area contributed by atoms with Crippen molar-refractivity contribution in [3.8, 4) is 5.75 Å². The predicted octanol–water partition coefficient (Wildman–Crippen LogP) is 2.40. The van der Waals surface area contributed by atoms with Crippen LogP contribution in [0.15, 0.2) is 24.3 Å². The molecule has 3 unspecified atom stereocenters. The third-order valence-electron chi connectivity index (χ3n) is 7.26. The highest BCUT2D eigenvalue weighted by Crippen LogP contribution is 2.68. The van der Waals surface area contributed by atoms with Crippen molar-refractivity contribution >= 4 is 51.1 Å². The van der Waals surface area contributed by atoms with Crippen molar-refractivity contribution < 1.29 is 24.2 Å². The Balaban J connectivity index is 1.71. The number of anilines is 1. The van der Waals surface area contributed by atoms with E-state index in [1.165, 1.54) is 0 Å². The number of rotatable bonds is 9. The molecule has 10 heteroatoms. The van der Waals surface area contributed by atoms with E-state index in [4.69, 9.17) is 4.74 Å². The highest BCUT2D eigenvalue weighted by Gasteiger charge is 2.76. The van der Waals surface area contributed by atoms with Crippen LogP contribution in [0.5, 0.6) is 5.75 Å². The number of carbonyl (C=O) groups excluding carboxylic acids is 3. The van der Waals surface area contributed by atoms with E-state index in [0.717, 1.165) is 6.42 Å². The van der Waals surface area contributed by atoms with Crippen molar-refractivity contribution in [2.75, 3.05) is 25.6 Å². The highest BCUT2D eigenvalue weighted by atomic mass is 79.9. The first-order chi connectivity index (χ1) is 16.3. The number of nitrogens with zero attached hydrogens (tertiary/aromatic N) is 1. The number of ether oxygens (including phenoxy) is 1. The number of aliphatic hydroxyl groups is 1. The average Bonchev–Trinajstić information content (AvgIpc) is 3.42. The number of benzene rings is 1. The van der Waals surface area contributed by atoms with Crippen molar-refractivity contribution in [2.45, 2.75) is 60.0 Å². The second-order valence-electron chi connectivity index (χ2n) is 9.16. The van der Waals surface area contributed by atoms with Crippen LogP contribution in [0.2, 0.25) is 0 Å². The Morgan fingerprint density at radius 2 is 2.00 bits per heavy atom. The van der Waals surface area contributed by atoms with Gasteiger partial charge in [0.1, 0.15) is 11.8 Å². The number of amides is 3. The Bertz CT molecular complexity index is 943. The monoisotopic (exact) mass is 553 g/mol. The Hall–Kier alpha value is -1.78. The maximum Gasteiger partial charge on any atom is 0.248 e. The van der Waals surface area contributed by atoms with E-state index >= 15 is 0 Å². The van der Waals surface area contributed by atoms with Crippen LogP contribution in [0.25, 0.3) is 0 Å². The van der Waals surface area contributed by atoms with Gasteiger partial charge in [-0.05, 0) is 43.5 Å². The van der Waals surface area contributed by atoms with Gasteiger partial charge < -0.3 is 25.4 Å². The van der Waals surface area contributed by atoms with E-state index in [-0.39, 0.29) is 34.4 Å². The van der Waals surface area contributed by atoms with Gasteiger partial charge in [-0.15, -0.1) is 11.8 Å². The molecule has 7 atom stereocenters. The van der Waals surface area contributed by atoms with Gasteiger partial charge in [0.05, 0.1) is 36.3 Å². The van der Waals surface area contributed by atoms with Crippen LogP contribution in [0.3, 0.4) is 0 Å². The van der Waals surface area contributed by atoms with Gasteiger partial charge in [-0.3, -0.25) is 14.4 Å². The van der Waals surface area contributed by atoms with Crippen molar-refractivity contribution in [1.82, 2.24) is 10.2 Å². The van der Waals surface area contributed by atoms with Crippen molar-refractivity contribution in [3.05, 3.63) is 24.3 Å². The zero-order valence-electron chi connectivity index (χ0n) is 19.6. The second-order valence-corrected chi connectivity index (χ2v) is 11.9. The quantitative estimate of drug-likeness (QED) is 0.405. The smallest absolute Gasteiger partial charge is 0.248 e. The number of likely N-dealkylation sites (tertiary alicyclic amines) is 1. The number of nitrogens with one attached hydrogen (secondary N) is 2. The van der Waals surface area contributed by atoms with Crippen LogP contribution < -0.4 is 15.4 Å². The summed E-state index contributed by atoms with van der Waals surface area (Å²) in [5.41, 5.74) is 0.597. The van der Waals surface area contributed by atoms with Crippen LogP contribution in [-0.4, -0.2) is 74.9 Å². The van der Waals surface area contributed by atoms with Gasteiger partial charge in [0, 0.05) is 22.3 Å². The lowest BCUT2D eigenvalue weighted by Crippen LogP contribution is -2.55. The molecular weight excluding hydrogens is 522 g/mol. The molecule has 0 aromatic heterocycles. The minimum Gasteiger partial charge on any atom is -0.497 e. The highest BCUT2D eigenvalue weighted by molar-refractivity contribution is 9.09. The molecule has 3 amide bonds. The predicted molar refractivity (Wildman–Crippen MR) is 135 cm³/mol. The van der Waals surface area contributed by atoms with Crippen molar-refractivity contribution in [3.63, 3.8) is 0 Å². The standard InChI is InChI=1S/C24H32BrN3O5S/c1-4-10-26-21(30)17-18-23(32)28(14(5-2)12-29)20(24(18)11-16(25)19(17)34-24)22(31)27-13-6-8-15(33-3)9-7-13/h6-9,14,16-20,29H,4-5,10-12H2,1-3H3,(H,26,30)(H,27,31)/t14-,16?,17-,18-,19-,20?,24?/m0/s1. The number of hydrogen-bond donors (Lipinski definition) is 3. The molecule has 3 fully saturated rings. The molecule has 1 spiro atoms. The molecule has 3 aliphatic rings. The van der Waals surface area contributed by atoms with Crippen LogP contribution in [0, 0.1) is 11.8 Å². The molecule has 0 aliphatic carbocycles. The molecule has 3 N–H and O–H groups in total. The van der Waals surface area contributed by atoms with Gasteiger partial charge >= 0.3 is 0 Å². The molecule has 2 bridgehead atoms. The first kappa shape index (κ1) is 25.3. The Morgan fingerprint density at radius 3 is 2.59 bits per heavy atom. The minimum absolute atomic E-state index is 0.0179. The number of aliphatic hydroxyl groups excluding tert-OH is 1. The lowest BCUT2D eigenvalue weighted by Gasteiger charge is -2.37. The Labute approximate surface area is 212 Å². The molecule has 3 saturated heterocycles. The van der Waals surface area contributed by atoms with Gasteiger partial charge in [-0.2, -0.15) is 0 Å². The minimum atomic E-state index is -0.789. The summed E-state index contributed by atoms with van der Waals surface area (Å²) in [6.07, 6.45) is 1.92. The number of alkyl halides is 1. The SMILES string of the molecule is CCCNC(=O)[C@H]1[C@H]2C(=O)N([C@@H](CC)CO)C(C(=O)Nc3ccc(OC)cc3)C23CC(Br)[C@@H]1S3. The summed E-state index contributed by atoms with van der Waals surface area (Å²) < 4.78 is 4.46. The van der Waals surface area contributed by atoms with Gasteiger partial charge in [0.25, 0.3) is 0 Å². The van der Waals surface area contributed by atoms with E-state index in [9.17, 15) is 19.5 Å². The molecule has 186 valence electrons. The van der Waals surface area contributed by atoms with E-state index in [1.807, 2.05) is 13.8 Å². The first-order valence-corrected chi connectivity index (χ1v) is 13.6. The molecule has 34 heavy (non-hydrogen) atoms. The summed E-state index contributed by atoms with van der Waals surface area (Å²) in [5, 5.41) is 15.9. The van der Waals surface area contributed by atoms with E-state index < -0.39 is 28.7 Å². The number of methoxy groups -OCH3 is 1. The Kier molecular flexibility index (Phi) is 7.50. The molecule has 3 heterocycles. The van der Waals surface area contributed by atoms with Crippen LogP contribution in [0.4, 0.5) is 5.69 Å². The maximum atomic E-state index is 13.9. The van der Waals surface area contributed by atoms with Crippen molar-refractivity contribution in [1.29, 1.82) is 0 Å². The molecule has 0 saturated carbocycles. The molecule has 0 radical (unpaired) electrons. The third-order valence-corrected chi connectivity index (χ3v) is 10.5. The number of hydrogen-bond acceptors (Lipinski definition) is 6. The fourth-order valence-electron chi connectivity index (χ4n) is 5.72.